The predicted octanol–water partition coefficient (Wildman–Crippen LogP) is 5.60. The molecule has 0 aromatic carbocycles. The minimum Gasteiger partial charge on any atom is -0.328 e. The Hall–Kier alpha value is -0.980. The van der Waals surface area contributed by atoms with Crippen LogP contribution in [0.2, 0.25) is 5.15 Å². The van der Waals surface area contributed by atoms with Gasteiger partial charge in [0, 0.05) is 24.9 Å². The van der Waals surface area contributed by atoms with Gasteiger partial charge in [-0.15, -0.1) is 0 Å². The van der Waals surface area contributed by atoms with Gasteiger partial charge in [0.05, 0.1) is 23.8 Å². The van der Waals surface area contributed by atoms with Gasteiger partial charge >= 0.3 is 0 Å². The minimum atomic E-state index is -2.60. The maximum Gasteiger partial charge on any atom is 0.291 e. The SMILES string of the molecule is C=IC(F)(F)CCCSCC(=N)C(=S)N(CC)c1cn(-c2cccnc2)nc1Cl. The second kappa shape index (κ2) is 11.4. The molecule has 11 heteroatoms. The number of anilines is 1. The van der Waals surface area contributed by atoms with Gasteiger partial charge in [-0.2, -0.15) is 25.6 Å². The van der Waals surface area contributed by atoms with Crippen LogP contribution in [0.25, 0.3) is 5.69 Å². The van der Waals surface area contributed by atoms with E-state index in [1.165, 1.54) is 11.8 Å². The number of nitrogens with zero attached hydrogens (tertiary/aromatic N) is 4. The summed E-state index contributed by atoms with van der Waals surface area (Å²) in [6.07, 6.45) is 5.34. The first kappa shape index (κ1) is 24.3. The van der Waals surface area contributed by atoms with E-state index in [1.807, 2.05) is 13.0 Å². The summed E-state index contributed by atoms with van der Waals surface area (Å²) >= 11 is 11.9. The van der Waals surface area contributed by atoms with E-state index in [2.05, 4.69) is 14.6 Å². The van der Waals surface area contributed by atoms with E-state index in [0.717, 1.165) is 5.69 Å². The second-order valence-corrected chi connectivity index (χ2v) is 10.1. The van der Waals surface area contributed by atoms with Gasteiger partial charge in [-0.3, -0.25) is 4.98 Å². The Morgan fingerprint density at radius 1 is 1.52 bits per heavy atom. The topological polar surface area (TPSA) is 57.8 Å². The minimum absolute atomic E-state index is 0.140. The number of pyridine rings is 1. The van der Waals surface area contributed by atoms with Crippen molar-refractivity contribution in [3.05, 3.63) is 35.9 Å². The van der Waals surface area contributed by atoms with Crippen molar-refractivity contribution in [2.75, 3.05) is 23.0 Å². The second-order valence-electron chi connectivity index (χ2n) is 5.89. The number of rotatable bonds is 11. The third-order valence-electron chi connectivity index (χ3n) is 3.86. The lowest BCUT2D eigenvalue weighted by Crippen LogP contribution is -2.35. The maximum atomic E-state index is 13.3. The number of nitrogens with one attached hydrogen (secondary N) is 1. The molecule has 158 valence electrons. The molecule has 0 atom stereocenters. The Morgan fingerprint density at radius 2 is 2.28 bits per heavy atom. The van der Waals surface area contributed by atoms with Gasteiger partial charge in [-0.05, 0) is 31.2 Å². The van der Waals surface area contributed by atoms with Crippen LogP contribution < -0.4 is 4.90 Å². The lowest BCUT2D eigenvalue weighted by atomic mass is 10.3. The van der Waals surface area contributed by atoms with E-state index in [0.29, 0.717) is 35.1 Å². The molecule has 0 radical (unpaired) electrons. The fourth-order valence-corrected chi connectivity index (χ4v) is 4.63. The molecule has 0 amide bonds. The number of thiocarbonyl (C=S) groups is 1. The van der Waals surface area contributed by atoms with Crippen molar-refractivity contribution >= 4 is 77.2 Å². The van der Waals surface area contributed by atoms with Gasteiger partial charge in [-0.25, -0.2) is 4.68 Å². The molecule has 0 fully saturated rings. The van der Waals surface area contributed by atoms with Gasteiger partial charge in [0.15, 0.2) is 5.15 Å². The van der Waals surface area contributed by atoms with E-state index < -0.39 is 24.7 Å². The van der Waals surface area contributed by atoms with E-state index in [4.69, 9.17) is 29.2 Å². The molecule has 2 aromatic rings. The molecular weight excluding hydrogens is 551 g/mol. The van der Waals surface area contributed by atoms with Crippen molar-refractivity contribution in [2.45, 2.75) is 23.7 Å². The van der Waals surface area contributed by atoms with E-state index in [9.17, 15) is 8.78 Å². The molecule has 5 nitrogen and oxygen atoms in total. The predicted molar refractivity (Wildman–Crippen MR) is 132 cm³/mol. The number of hydrogen-bond acceptors (Lipinski definition) is 5. The molecule has 0 aliphatic heterocycles. The van der Waals surface area contributed by atoms with Crippen molar-refractivity contribution in [3.63, 3.8) is 0 Å². The van der Waals surface area contributed by atoms with Crippen LogP contribution in [0.3, 0.4) is 0 Å². The Kier molecular flexibility index (Phi) is 9.57. The van der Waals surface area contributed by atoms with Gasteiger partial charge < -0.3 is 10.3 Å². The van der Waals surface area contributed by atoms with E-state index >= 15 is 0 Å². The Labute approximate surface area is 193 Å². The monoisotopic (exact) mass is 571 g/mol. The third kappa shape index (κ3) is 7.04. The quantitative estimate of drug-likeness (QED) is 0.125. The van der Waals surface area contributed by atoms with Gasteiger partial charge in [-0.1, -0.05) is 49.1 Å². The van der Waals surface area contributed by atoms with Crippen LogP contribution in [0.5, 0.6) is 0 Å². The summed E-state index contributed by atoms with van der Waals surface area (Å²) < 4.78 is 28.9. The fraction of sp³-hybridized carbons (Fsp3) is 0.389. The smallest absolute Gasteiger partial charge is 0.291 e. The Morgan fingerprint density at radius 3 is 2.90 bits per heavy atom. The summed E-state index contributed by atoms with van der Waals surface area (Å²) in [5.74, 6) is 0.908. The van der Waals surface area contributed by atoms with Crippen LogP contribution in [-0.4, -0.2) is 52.0 Å². The van der Waals surface area contributed by atoms with Crippen molar-refractivity contribution in [3.8, 4) is 5.69 Å². The Bertz CT molecular complexity index is 863. The standard InChI is InChI=1S/C18H21ClF2IN5S2/c1-3-26(15-11-27(25-16(15)19)13-6-4-8-24-10-13)17(28)14(23)12-29-9-5-7-18(20,21)22-2/h4,6,8,10-11,23H,2-3,5,7,9,12H2,1H3. The molecule has 0 saturated carbocycles. The largest absolute Gasteiger partial charge is 0.328 e. The molecule has 0 saturated heterocycles. The number of aromatic nitrogens is 3. The molecule has 0 bridgehead atoms. The molecule has 0 spiro atoms. The van der Waals surface area contributed by atoms with E-state index in [-0.39, 0.29) is 17.3 Å². The number of halogens is 4. The van der Waals surface area contributed by atoms with Crippen molar-refractivity contribution in [1.82, 2.24) is 14.8 Å². The highest BCUT2D eigenvalue weighted by Crippen LogP contribution is 2.32. The molecule has 2 rings (SSSR count). The fourth-order valence-electron chi connectivity index (χ4n) is 2.41. The highest BCUT2D eigenvalue weighted by molar-refractivity contribution is 14.2. The normalized spacial score (nSPS) is 11.4. The molecular formula is C18H21ClF2IN5S2. The summed E-state index contributed by atoms with van der Waals surface area (Å²) in [7, 11) is 0. The molecule has 29 heavy (non-hydrogen) atoms. The first-order valence-corrected chi connectivity index (χ1v) is 13.2. The molecule has 0 aliphatic carbocycles. The molecule has 1 N–H and O–H groups in total. The van der Waals surface area contributed by atoms with Crippen LogP contribution >= 0.6 is 56.3 Å². The van der Waals surface area contributed by atoms with Crippen molar-refractivity contribution < 1.29 is 8.78 Å². The lowest BCUT2D eigenvalue weighted by Gasteiger charge is -2.22. The number of alkyl halides is 3. The van der Waals surface area contributed by atoms with Gasteiger partial charge in [0.25, 0.3) is 3.93 Å². The van der Waals surface area contributed by atoms with Crippen LogP contribution in [0.1, 0.15) is 19.8 Å². The van der Waals surface area contributed by atoms with Gasteiger partial charge in [0.1, 0.15) is 10.7 Å². The molecule has 2 heterocycles. The van der Waals surface area contributed by atoms with Crippen LogP contribution in [-0.2, 0) is 0 Å². The summed E-state index contributed by atoms with van der Waals surface area (Å²) in [6, 6.07) is 3.65. The Balaban J connectivity index is 1.97. The van der Waals surface area contributed by atoms with Crippen LogP contribution in [0.15, 0.2) is 30.7 Å². The van der Waals surface area contributed by atoms with Crippen molar-refractivity contribution in [1.29, 1.82) is 5.41 Å². The highest BCUT2D eigenvalue weighted by Gasteiger charge is 2.24. The van der Waals surface area contributed by atoms with Crippen LogP contribution in [0, 0.1) is 5.41 Å². The summed E-state index contributed by atoms with van der Waals surface area (Å²) in [6.45, 7) is 2.43. The molecule has 0 unspecified atom stereocenters. The zero-order chi connectivity index (χ0) is 21.4. The highest BCUT2D eigenvalue weighted by atomic mass is 127. The average molecular weight is 572 g/mol. The molecule has 0 aliphatic rings. The maximum absolute atomic E-state index is 13.3. The van der Waals surface area contributed by atoms with E-state index in [1.54, 1.807) is 34.2 Å². The molecule has 2 aromatic heterocycles. The van der Waals surface area contributed by atoms with Gasteiger partial charge in [0.2, 0.25) is 0 Å². The summed E-state index contributed by atoms with van der Waals surface area (Å²) in [5.41, 5.74) is 1.62. The third-order valence-corrected chi connectivity index (χ3v) is 7.32. The first-order chi connectivity index (χ1) is 13.8. The van der Waals surface area contributed by atoms with Crippen LogP contribution in [0.4, 0.5) is 14.5 Å². The first-order valence-electron chi connectivity index (χ1n) is 8.69. The zero-order valence-electron chi connectivity index (χ0n) is 15.7. The number of hydrogen-bond donors (Lipinski definition) is 1. The number of thioether (sulfide) groups is 1. The average Bonchev–Trinajstić information content (AvgIpc) is 3.10. The summed E-state index contributed by atoms with van der Waals surface area (Å²) in [4.78, 5) is 6.17. The lowest BCUT2D eigenvalue weighted by molar-refractivity contribution is 0.116. The summed E-state index contributed by atoms with van der Waals surface area (Å²) in [5, 5.41) is 12.9. The van der Waals surface area contributed by atoms with Crippen molar-refractivity contribution in [2.24, 2.45) is 0 Å². The zero-order valence-corrected chi connectivity index (χ0v) is 20.3.